The van der Waals surface area contributed by atoms with Crippen LogP contribution < -0.4 is 14.4 Å². The minimum Gasteiger partial charge on any atom is -0.493 e. The summed E-state index contributed by atoms with van der Waals surface area (Å²) >= 11 is 6.14. The Labute approximate surface area is 206 Å². The molecule has 34 heavy (non-hydrogen) atoms. The number of methoxy groups -OCH3 is 2. The summed E-state index contributed by atoms with van der Waals surface area (Å²) < 4.78 is 16.5. The zero-order valence-electron chi connectivity index (χ0n) is 20.2. The van der Waals surface area contributed by atoms with Gasteiger partial charge < -0.3 is 18.9 Å². The van der Waals surface area contributed by atoms with Gasteiger partial charge in [-0.25, -0.2) is 0 Å². The van der Waals surface area contributed by atoms with E-state index in [0.29, 0.717) is 18.0 Å². The fourth-order valence-electron chi connectivity index (χ4n) is 4.42. The number of hydrogen-bond donors (Lipinski definition) is 0. The molecule has 182 valence electrons. The molecule has 4 rings (SSSR count). The van der Waals surface area contributed by atoms with E-state index in [0.717, 1.165) is 67.7 Å². The second-order valence-corrected chi connectivity index (χ2v) is 9.06. The molecule has 0 amide bonds. The van der Waals surface area contributed by atoms with Gasteiger partial charge in [0.25, 0.3) is 0 Å². The van der Waals surface area contributed by atoms with Crippen LogP contribution in [0.3, 0.4) is 0 Å². The summed E-state index contributed by atoms with van der Waals surface area (Å²) in [6.45, 7) is 7.01. The summed E-state index contributed by atoms with van der Waals surface area (Å²) in [6, 6.07) is 15.8. The first-order chi connectivity index (χ1) is 16.6. The monoisotopic (exact) mass is 484 g/mol. The lowest BCUT2D eigenvalue weighted by molar-refractivity contribution is 0.223. The largest absolute Gasteiger partial charge is 0.493 e. The minimum absolute atomic E-state index is 0.661. The summed E-state index contributed by atoms with van der Waals surface area (Å²) in [5.74, 6) is 2.17. The highest BCUT2D eigenvalue weighted by atomic mass is 35.5. The van der Waals surface area contributed by atoms with Crippen LogP contribution in [0.15, 0.2) is 53.1 Å². The molecule has 1 aliphatic rings. The Kier molecular flexibility index (Phi) is 8.32. The summed E-state index contributed by atoms with van der Waals surface area (Å²) in [5, 5.41) is 5.05. The Morgan fingerprint density at radius 3 is 2.56 bits per heavy atom. The molecule has 8 heteroatoms. The second-order valence-electron chi connectivity index (χ2n) is 8.62. The van der Waals surface area contributed by atoms with Crippen molar-refractivity contribution in [1.82, 2.24) is 15.0 Å². The Morgan fingerprint density at radius 1 is 1.03 bits per heavy atom. The van der Waals surface area contributed by atoms with Crippen molar-refractivity contribution in [2.45, 2.75) is 13.0 Å². The molecule has 1 saturated heterocycles. The molecule has 2 aromatic carbocycles. The third-order valence-corrected chi connectivity index (χ3v) is 6.46. The van der Waals surface area contributed by atoms with Gasteiger partial charge in [0.2, 0.25) is 0 Å². The van der Waals surface area contributed by atoms with Gasteiger partial charge in [0.1, 0.15) is 5.69 Å². The van der Waals surface area contributed by atoms with Gasteiger partial charge in [0, 0.05) is 48.5 Å². The Hall–Kier alpha value is -2.74. The van der Waals surface area contributed by atoms with Crippen LogP contribution in [0.5, 0.6) is 11.5 Å². The van der Waals surface area contributed by atoms with Gasteiger partial charge in [-0.15, -0.1) is 0 Å². The number of anilines is 1. The molecule has 0 unspecified atom stereocenters. The molecule has 3 aromatic rings. The Balaban J connectivity index is 1.22. The molecule has 7 nitrogen and oxygen atoms in total. The summed E-state index contributed by atoms with van der Waals surface area (Å²) in [4.78, 5) is 7.22. The number of aromatic nitrogens is 1. The van der Waals surface area contributed by atoms with Crippen LogP contribution in [0.4, 0.5) is 5.69 Å². The molecule has 1 aromatic heterocycles. The SMILES string of the molecule is COc1cccc(-c2cc(CN(C)CCCN3CCN(c4cccc(Cl)c4)CC3)on2)c1OC. The zero-order valence-corrected chi connectivity index (χ0v) is 20.9. The van der Waals surface area contributed by atoms with Gasteiger partial charge >= 0.3 is 0 Å². The average Bonchev–Trinajstić information content (AvgIpc) is 3.32. The fourth-order valence-corrected chi connectivity index (χ4v) is 4.60. The lowest BCUT2D eigenvalue weighted by Crippen LogP contribution is -2.47. The highest BCUT2D eigenvalue weighted by molar-refractivity contribution is 6.30. The van der Waals surface area contributed by atoms with E-state index in [1.807, 2.05) is 42.5 Å². The van der Waals surface area contributed by atoms with Crippen LogP contribution in [0.2, 0.25) is 5.02 Å². The Bertz CT molecular complexity index is 1070. The van der Waals surface area contributed by atoms with Gasteiger partial charge in [-0.05, 0) is 56.9 Å². The van der Waals surface area contributed by atoms with Crippen LogP contribution in [0.25, 0.3) is 11.3 Å². The molecule has 0 saturated carbocycles. The predicted molar refractivity (Wildman–Crippen MR) is 136 cm³/mol. The van der Waals surface area contributed by atoms with E-state index in [-0.39, 0.29) is 0 Å². The lowest BCUT2D eigenvalue weighted by Gasteiger charge is -2.36. The quantitative estimate of drug-likeness (QED) is 0.415. The molecule has 0 radical (unpaired) electrons. The van der Waals surface area contributed by atoms with E-state index < -0.39 is 0 Å². The molecule has 0 bridgehead atoms. The van der Waals surface area contributed by atoms with E-state index in [9.17, 15) is 0 Å². The summed E-state index contributed by atoms with van der Waals surface area (Å²) in [6.07, 6.45) is 1.11. The first-order valence-corrected chi connectivity index (χ1v) is 12.0. The van der Waals surface area contributed by atoms with Crippen molar-refractivity contribution >= 4 is 17.3 Å². The van der Waals surface area contributed by atoms with Crippen LogP contribution in [-0.4, -0.2) is 75.5 Å². The average molecular weight is 485 g/mol. The predicted octanol–water partition coefficient (Wildman–Crippen LogP) is 4.66. The number of rotatable bonds is 10. The smallest absolute Gasteiger partial charge is 0.170 e. The molecule has 0 atom stereocenters. The van der Waals surface area contributed by atoms with Gasteiger partial charge in [0.15, 0.2) is 17.3 Å². The first kappa shape index (κ1) is 24.4. The van der Waals surface area contributed by atoms with Crippen molar-refractivity contribution in [3.8, 4) is 22.8 Å². The van der Waals surface area contributed by atoms with Crippen molar-refractivity contribution in [3.05, 3.63) is 59.3 Å². The normalized spacial score (nSPS) is 14.6. The molecular formula is C26H33ClN4O3. The number of benzene rings is 2. The topological polar surface area (TPSA) is 54.2 Å². The maximum absolute atomic E-state index is 6.14. The fraction of sp³-hybridized carbons (Fsp3) is 0.423. The van der Waals surface area contributed by atoms with Crippen molar-refractivity contribution in [2.24, 2.45) is 0 Å². The minimum atomic E-state index is 0.661. The summed E-state index contributed by atoms with van der Waals surface area (Å²) in [5.41, 5.74) is 2.82. The highest BCUT2D eigenvalue weighted by Crippen LogP contribution is 2.37. The number of halogens is 1. The third-order valence-electron chi connectivity index (χ3n) is 6.22. The van der Waals surface area contributed by atoms with E-state index in [2.05, 4.69) is 33.0 Å². The van der Waals surface area contributed by atoms with Crippen LogP contribution in [-0.2, 0) is 6.54 Å². The van der Waals surface area contributed by atoms with Crippen LogP contribution >= 0.6 is 11.6 Å². The maximum Gasteiger partial charge on any atom is 0.170 e. The van der Waals surface area contributed by atoms with E-state index in [1.54, 1.807) is 14.2 Å². The van der Waals surface area contributed by atoms with Crippen molar-refractivity contribution < 1.29 is 14.0 Å². The Morgan fingerprint density at radius 2 is 1.82 bits per heavy atom. The molecular weight excluding hydrogens is 452 g/mol. The third kappa shape index (κ3) is 6.03. The maximum atomic E-state index is 6.14. The van der Waals surface area contributed by atoms with Crippen LogP contribution in [0, 0.1) is 0 Å². The molecule has 1 fully saturated rings. The number of nitrogens with zero attached hydrogens (tertiary/aromatic N) is 4. The molecule has 0 aliphatic carbocycles. The zero-order chi connectivity index (χ0) is 23.9. The van der Waals surface area contributed by atoms with E-state index >= 15 is 0 Å². The van der Waals surface area contributed by atoms with E-state index in [1.165, 1.54) is 5.69 Å². The number of para-hydroxylation sites is 1. The number of hydrogen-bond acceptors (Lipinski definition) is 7. The van der Waals surface area contributed by atoms with Crippen molar-refractivity contribution in [3.63, 3.8) is 0 Å². The van der Waals surface area contributed by atoms with Gasteiger partial charge in [-0.2, -0.15) is 0 Å². The molecule has 2 heterocycles. The van der Waals surface area contributed by atoms with Crippen LogP contribution in [0.1, 0.15) is 12.2 Å². The number of piperazine rings is 1. The van der Waals surface area contributed by atoms with Crippen molar-refractivity contribution in [1.29, 1.82) is 0 Å². The van der Waals surface area contributed by atoms with Gasteiger partial charge in [-0.1, -0.05) is 28.9 Å². The molecule has 1 aliphatic heterocycles. The van der Waals surface area contributed by atoms with E-state index in [4.69, 9.17) is 25.6 Å². The molecule has 0 spiro atoms. The standard InChI is InChI=1S/C26H33ClN4O3/c1-29(11-6-12-30-13-15-31(16-14-30)21-8-4-7-20(27)17-21)19-22-18-24(28-34-22)23-9-5-10-25(32-2)26(23)33-3/h4-5,7-10,17-18H,6,11-16,19H2,1-3H3. The highest BCUT2D eigenvalue weighted by Gasteiger charge is 2.18. The van der Waals surface area contributed by atoms with Gasteiger partial charge in [0.05, 0.1) is 20.8 Å². The number of ether oxygens (including phenoxy) is 2. The summed E-state index contributed by atoms with van der Waals surface area (Å²) in [7, 11) is 5.38. The van der Waals surface area contributed by atoms with Gasteiger partial charge in [-0.3, -0.25) is 9.80 Å². The second kappa shape index (κ2) is 11.6. The first-order valence-electron chi connectivity index (χ1n) is 11.7. The van der Waals surface area contributed by atoms with Crippen molar-refractivity contribution in [2.75, 3.05) is 65.4 Å². The lowest BCUT2D eigenvalue weighted by atomic mass is 10.1. The molecule has 0 N–H and O–H groups in total.